The topological polar surface area (TPSA) is 65.5 Å². The number of hydrogen-bond donors (Lipinski definition) is 1. The van der Waals surface area contributed by atoms with Crippen molar-refractivity contribution < 1.29 is 14.0 Å². The van der Waals surface area contributed by atoms with Crippen LogP contribution in [0.2, 0.25) is 5.02 Å². The number of halogens is 2. The molecule has 6 nitrogen and oxygen atoms in total. The fourth-order valence-corrected chi connectivity index (χ4v) is 6.56. The maximum atomic E-state index is 14.3. The van der Waals surface area contributed by atoms with Gasteiger partial charge in [0.25, 0.3) is 11.8 Å². The van der Waals surface area contributed by atoms with Crippen LogP contribution in [0.15, 0.2) is 60.9 Å². The van der Waals surface area contributed by atoms with Crippen molar-refractivity contribution in [2.45, 2.75) is 38.1 Å². The molecule has 1 unspecified atom stereocenters. The van der Waals surface area contributed by atoms with Gasteiger partial charge in [-0.05, 0) is 85.0 Å². The molecular formula is C30H30ClFN4O2. The Kier molecular flexibility index (Phi) is 6.56. The molecule has 1 aromatic heterocycles. The lowest BCUT2D eigenvalue weighted by Gasteiger charge is -2.39. The molecule has 2 aliphatic heterocycles. The minimum Gasteiger partial charge on any atom is -0.371 e. The number of pyridine rings is 1. The van der Waals surface area contributed by atoms with Crippen LogP contribution < -0.4 is 10.2 Å². The second-order valence-corrected chi connectivity index (χ2v) is 11.2. The monoisotopic (exact) mass is 532 g/mol. The molecule has 1 spiro atoms. The van der Waals surface area contributed by atoms with Gasteiger partial charge in [0.2, 0.25) is 0 Å². The van der Waals surface area contributed by atoms with E-state index in [0.717, 1.165) is 63.0 Å². The van der Waals surface area contributed by atoms with Crippen LogP contribution in [0.5, 0.6) is 0 Å². The molecule has 3 aromatic rings. The Morgan fingerprint density at radius 1 is 1.03 bits per heavy atom. The Morgan fingerprint density at radius 3 is 2.55 bits per heavy atom. The van der Waals surface area contributed by atoms with E-state index >= 15 is 0 Å². The van der Waals surface area contributed by atoms with Gasteiger partial charge in [0, 0.05) is 49.8 Å². The van der Waals surface area contributed by atoms with Crippen LogP contribution in [0, 0.1) is 11.2 Å². The lowest BCUT2D eigenvalue weighted by molar-refractivity contribution is 0.0610. The van der Waals surface area contributed by atoms with Crippen molar-refractivity contribution in [2.24, 2.45) is 5.41 Å². The fraction of sp³-hybridized carbons (Fsp3) is 0.367. The summed E-state index contributed by atoms with van der Waals surface area (Å²) in [7, 11) is 0. The minimum atomic E-state index is -0.647. The number of fused-ring (bicyclic) bond motifs is 1. The number of anilines is 1. The third-order valence-electron chi connectivity index (χ3n) is 8.54. The van der Waals surface area contributed by atoms with Gasteiger partial charge < -0.3 is 15.1 Å². The number of nitrogens with one attached hydrogen (secondary N) is 1. The van der Waals surface area contributed by atoms with Gasteiger partial charge in [-0.1, -0.05) is 23.7 Å². The predicted octanol–water partition coefficient (Wildman–Crippen LogP) is 5.42. The van der Waals surface area contributed by atoms with Crippen LogP contribution >= 0.6 is 11.6 Å². The number of benzene rings is 2. The SMILES string of the molecule is O=C(NC1CCc2ccc(C(=O)N3CCC4(CC3)CCN(c3ccncc3)C4)cc21)c1c(F)cccc1Cl. The first-order valence-electron chi connectivity index (χ1n) is 13.2. The molecule has 0 saturated carbocycles. The van der Waals surface area contributed by atoms with Crippen LogP contribution in [0.1, 0.15) is 63.6 Å². The number of aryl methyl sites for hydroxylation is 1. The smallest absolute Gasteiger partial charge is 0.256 e. The van der Waals surface area contributed by atoms with Gasteiger partial charge in [-0.3, -0.25) is 14.6 Å². The summed E-state index contributed by atoms with van der Waals surface area (Å²) in [4.78, 5) is 34.8. The van der Waals surface area contributed by atoms with E-state index in [1.165, 1.54) is 23.9 Å². The van der Waals surface area contributed by atoms with Gasteiger partial charge in [-0.25, -0.2) is 4.39 Å². The molecule has 6 rings (SSSR count). The standard InChI is InChI=1S/C30H30ClFN4O2/c31-24-2-1-3-25(32)27(24)28(37)34-26-7-6-20-4-5-21(18-23(20)26)29(38)35-15-10-30(11-16-35)12-17-36(19-30)22-8-13-33-14-9-22/h1-5,8-9,13-14,18,26H,6-7,10-12,15-17,19H2,(H,34,37). The Hall–Kier alpha value is -3.45. The van der Waals surface area contributed by atoms with E-state index in [1.807, 2.05) is 35.5 Å². The van der Waals surface area contributed by atoms with E-state index in [9.17, 15) is 14.0 Å². The summed E-state index contributed by atoms with van der Waals surface area (Å²) in [6.45, 7) is 3.54. The number of nitrogens with zero attached hydrogens (tertiary/aromatic N) is 3. The lowest BCUT2D eigenvalue weighted by Crippen LogP contribution is -2.44. The number of hydrogen-bond acceptors (Lipinski definition) is 4. The summed E-state index contributed by atoms with van der Waals surface area (Å²) < 4.78 is 14.3. The summed E-state index contributed by atoms with van der Waals surface area (Å²) in [5.74, 6) is -1.16. The molecule has 2 amide bonds. The number of carbonyl (C=O) groups excluding carboxylic acids is 2. The van der Waals surface area contributed by atoms with E-state index < -0.39 is 11.7 Å². The molecule has 1 atom stereocenters. The van der Waals surface area contributed by atoms with Gasteiger partial charge in [0.05, 0.1) is 16.6 Å². The van der Waals surface area contributed by atoms with Crippen molar-refractivity contribution in [2.75, 3.05) is 31.1 Å². The Bertz CT molecular complexity index is 1350. The highest BCUT2D eigenvalue weighted by atomic mass is 35.5. The third kappa shape index (κ3) is 4.64. The molecule has 2 fully saturated rings. The molecule has 3 heterocycles. The van der Waals surface area contributed by atoms with Crippen molar-refractivity contribution >= 4 is 29.1 Å². The number of rotatable bonds is 4. The molecule has 0 bridgehead atoms. The average molecular weight is 533 g/mol. The highest BCUT2D eigenvalue weighted by Gasteiger charge is 2.41. The van der Waals surface area contributed by atoms with Crippen LogP contribution in [0.4, 0.5) is 10.1 Å². The van der Waals surface area contributed by atoms with E-state index in [-0.39, 0.29) is 28.0 Å². The van der Waals surface area contributed by atoms with E-state index in [1.54, 1.807) is 0 Å². The minimum absolute atomic E-state index is 0.0285. The van der Waals surface area contributed by atoms with Crippen molar-refractivity contribution in [1.29, 1.82) is 0 Å². The summed E-state index contributed by atoms with van der Waals surface area (Å²) >= 11 is 6.09. The highest BCUT2D eigenvalue weighted by Crippen LogP contribution is 2.42. The average Bonchev–Trinajstić information content (AvgIpc) is 3.53. The van der Waals surface area contributed by atoms with Crippen LogP contribution in [0.3, 0.4) is 0 Å². The molecule has 0 radical (unpaired) electrons. The molecule has 3 aliphatic rings. The number of carbonyl (C=O) groups is 2. The molecular weight excluding hydrogens is 503 g/mol. The van der Waals surface area contributed by atoms with Gasteiger partial charge in [0.1, 0.15) is 5.82 Å². The summed E-state index contributed by atoms with van der Waals surface area (Å²) in [5.41, 5.74) is 3.98. The van der Waals surface area contributed by atoms with E-state index in [2.05, 4.69) is 27.3 Å². The summed E-state index contributed by atoms with van der Waals surface area (Å²) in [5, 5.41) is 3.01. The van der Waals surface area contributed by atoms with E-state index in [4.69, 9.17) is 11.6 Å². The largest absolute Gasteiger partial charge is 0.371 e. The molecule has 1 N–H and O–H groups in total. The summed E-state index contributed by atoms with van der Waals surface area (Å²) in [6, 6.07) is 13.8. The van der Waals surface area contributed by atoms with Gasteiger partial charge in [-0.2, -0.15) is 0 Å². The van der Waals surface area contributed by atoms with Crippen molar-refractivity contribution in [3.8, 4) is 0 Å². The number of aromatic nitrogens is 1. The van der Waals surface area contributed by atoms with Crippen LogP contribution in [-0.2, 0) is 6.42 Å². The maximum Gasteiger partial charge on any atom is 0.256 e. The predicted molar refractivity (Wildman–Crippen MR) is 145 cm³/mol. The quantitative estimate of drug-likeness (QED) is 0.487. The zero-order chi connectivity index (χ0) is 26.3. The van der Waals surface area contributed by atoms with Gasteiger partial charge >= 0.3 is 0 Å². The van der Waals surface area contributed by atoms with Crippen LogP contribution in [0.25, 0.3) is 0 Å². The normalized spacial score (nSPS) is 20.0. The number of amides is 2. The van der Waals surface area contributed by atoms with Gasteiger partial charge in [0.15, 0.2) is 0 Å². The molecule has 8 heteroatoms. The lowest BCUT2D eigenvalue weighted by atomic mass is 9.77. The first-order valence-corrected chi connectivity index (χ1v) is 13.6. The van der Waals surface area contributed by atoms with Crippen LogP contribution in [-0.4, -0.2) is 47.9 Å². The fourth-order valence-electron chi connectivity index (χ4n) is 6.32. The van der Waals surface area contributed by atoms with Crippen molar-refractivity contribution in [3.63, 3.8) is 0 Å². The van der Waals surface area contributed by atoms with Gasteiger partial charge in [-0.15, -0.1) is 0 Å². The second-order valence-electron chi connectivity index (χ2n) is 10.7. The first-order chi connectivity index (χ1) is 18.4. The Morgan fingerprint density at radius 2 is 1.79 bits per heavy atom. The first kappa shape index (κ1) is 24.9. The van der Waals surface area contributed by atoms with E-state index in [0.29, 0.717) is 12.0 Å². The summed E-state index contributed by atoms with van der Waals surface area (Å²) in [6.07, 6.45) is 8.29. The van der Waals surface area contributed by atoms with Crippen molar-refractivity contribution in [3.05, 3.63) is 94.0 Å². The maximum absolute atomic E-state index is 14.3. The third-order valence-corrected chi connectivity index (χ3v) is 8.86. The number of likely N-dealkylation sites (tertiary alicyclic amines) is 1. The zero-order valence-corrected chi connectivity index (χ0v) is 21.9. The molecule has 1 aliphatic carbocycles. The molecule has 2 saturated heterocycles. The second kappa shape index (κ2) is 10.0. The Labute approximate surface area is 226 Å². The highest BCUT2D eigenvalue weighted by molar-refractivity contribution is 6.33. The molecule has 38 heavy (non-hydrogen) atoms. The molecule has 2 aromatic carbocycles. The zero-order valence-electron chi connectivity index (χ0n) is 21.1. The number of piperidine rings is 1. The van der Waals surface area contributed by atoms with Crippen molar-refractivity contribution in [1.82, 2.24) is 15.2 Å². The Balaban J connectivity index is 1.11. The molecule has 196 valence electrons.